The number of hydrogen-bond acceptors (Lipinski definition) is 3. The highest BCUT2D eigenvalue weighted by molar-refractivity contribution is 6.42. The van der Waals surface area contributed by atoms with E-state index in [1.165, 1.54) is 6.07 Å². The predicted octanol–water partition coefficient (Wildman–Crippen LogP) is 4.09. The average Bonchev–Trinajstić information content (AvgIpc) is 3.22. The number of aromatic carboxylic acids is 1. The van der Waals surface area contributed by atoms with E-state index < -0.39 is 5.97 Å². The van der Waals surface area contributed by atoms with Gasteiger partial charge in [-0.3, -0.25) is 4.79 Å². The van der Waals surface area contributed by atoms with Gasteiger partial charge in [0, 0.05) is 18.7 Å². The Morgan fingerprint density at radius 2 is 1.96 bits per heavy atom. The van der Waals surface area contributed by atoms with Gasteiger partial charge in [-0.1, -0.05) is 29.3 Å². The molecule has 1 aromatic heterocycles. The summed E-state index contributed by atoms with van der Waals surface area (Å²) >= 11 is 11.9. The first-order valence-corrected chi connectivity index (χ1v) is 7.78. The molecular weight excluding hydrogens is 341 g/mol. The van der Waals surface area contributed by atoms with E-state index in [2.05, 4.69) is 0 Å². The zero-order valence-electron chi connectivity index (χ0n) is 12.0. The van der Waals surface area contributed by atoms with Gasteiger partial charge in [0.05, 0.1) is 15.6 Å². The third-order valence-corrected chi connectivity index (χ3v) is 4.38. The summed E-state index contributed by atoms with van der Waals surface area (Å²) in [5.41, 5.74) is 0.809. The number of nitrogens with zero attached hydrogens (tertiary/aromatic N) is 1. The fourth-order valence-electron chi connectivity index (χ4n) is 2.29. The maximum atomic E-state index is 12.6. The van der Waals surface area contributed by atoms with Crippen LogP contribution in [-0.4, -0.2) is 27.9 Å². The molecule has 23 heavy (non-hydrogen) atoms. The normalized spacial score (nSPS) is 13.8. The second kappa shape index (κ2) is 6.26. The Bertz CT molecular complexity index is 767. The fourth-order valence-corrected chi connectivity index (χ4v) is 2.61. The summed E-state index contributed by atoms with van der Waals surface area (Å²) in [5, 5.41) is 9.80. The topological polar surface area (TPSA) is 70.7 Å². The second-order valence-corrected chi connectivity index (χ2v) is 6.23. The van der Waals surface area contributed by atoms with Gasteiger partial charge in [-0.15, -0.1) is 0 Å². The number of halogens is 2. The minimum Gasteiger partial charge on any atom is -0.478 e. The molecule has 7 heteroatoms. The lowest BCUT2D eigenvalue weighted by Crippen LogP contribution is -2.32. The number of carbonyl (C=O) groups excluding carboxylic acids is 1. The van der Waals surface area contributed by atoms with Gasteiger partial charge >= 0.3 is 5.97 Å². The molecule has 2 aromatic rings. The van der Waals surface area contributed by atoms with Gasteiger partial charge in [-0.25, -0.2) is 4.79 Å². The van der Waals surface area contributed by atoms with Crippen LogP contribution in [0.25, 0.3) is 0 Å². The van der Waals surface area contributed by atoms with Crippen LogP contribution in [0.5, 0.6) is 0 Å². The van der Waals surface area contributed by atoms with Crippen molar-refractivity contribution in [2.24, 2.45) is 0 Å². The standard InChI is InChI=1S/C16H13Cl2NO4/c17-12-4-1-9(5-13(12)18)7-19(11-2-3-11)15(20)14-6-10(8-23-14)16(21)22/h1,4-6,8,11H,2-3,7H2,(H,21,22). The highest BCUT2D eigenvalue weighted by Crippen LogP contribution is 2.31. The Morgan fingerprint density at radius 3 is 2.52 bits per heavy atom. The lowest BCUT2D eigenvalue weighted by molar-refractivity contribution is 0.0688. The average molecular weight is 354 g/mol. The molecule has 0 spiro atoms. The third-order valence-electron chi connectivity index (χ3n) is 3.64. The summed E-state index contributed by atoms with van der Waals surface area (Å²) in [7, 11) is 0. The molecule has 3 rings (SSSR count). The molecule has 1 fully saturated rings. The lowest BCUT2D eigenvalue weighted by atomic mass is 10.2. The van der Waals surface area contributed by atoms with Gasteiger partial charge in [0.15, 0.2) is 5.76 Å². The number of furan rings is 1. The van der Waals surface area contributed by atoms with E-state index in [9.17, 15) is 9.59 Å². The van der Waals surface area contributed by atoms with E-state index in [-0.39, 0.29) is 23.3 Å². The van der Waals surface area contributed by atoms with Gasteiger partial charge in [0.25, 0.3) is 5.91 Å². The molecule has 1 aliphatic rings. The quantitative estimate of drug-likeness (QED) is 0.878. The van der Waals surface area contributed by atoms with Crippen molar-refractivity contribution in [2.75, 3.05) is 0 Å². The van der Waals surface area contributed by atoms with E-state index in [1.807, 2.05) is 6.07 Å². The van der Waals surface area contributed by atoms with Gasteiger partial charge < -0.3 is 14.4 Å². The van der Waals surface area contributed by atoms with E-state index in [0.29, 0.717) is 16.6 Å². The highest BCUT2D eigenvalue weighted by Gasteiger charge is 2.34. The van der Waals surface area contributed by atoms with Gasteiger partial charge in [0.2, 0.25) is 0 Å². The Morgan fingerprint density at radius 1 is 1.22 bits per heavy atom. The van der Waals surface area contributed by atoms with Crippen molar-refractivity contribution in [2.45, 2.75) is 25.4 Å². The predicted molar refractivity (Wildman–Crippen MR) is 85.0 cm³/mol. The number of hydrogen-bond donors (Lipinski definition) is 1. The smallest absolute Gasteiger partial charge is 0.338 e. The van der Waals surface area contributed by atoms with Crippen LogP contribution in [0.1, 0.15) is 39.3 Å². The van der Waals surface area contributed by atoms with E-state index in [0.717, 1.165) is 24.7 Å². The molecule has 1 saturated carbocycles. The largest absolute Gasteiger partial charge is 0.478 e. The maximum Gasteiger partial charge on any atom is 0.338 e. The van der Waals surface area contributed by atoms with E-state index >= 15 is 0 Å². The molecule has 1 N–H and O–H groups in total. The molecule has 0 atom stereocenters. The van der Waals surface area contributed by atoms with Gasteiger partial charge in [-0.2, -0.15) is 0 Å². The summed E-state index contributed by atoms with van der Waals surface area (Å²) in [5.74, 6) is -1.43. The van der Waals surface area contributed by atoms with Crippen LogP contribution in [0, 0.1) is 0 Å². The van der Waals surface area contributed by atoms with Crippen LogP contribution >= 0.6 is 23.2 Å². The monoisotopic (exact) mass is 353 g/mol. The van der Waals surface area contributed by atoms with Crippen molar-refractivity contribution in [3.8, 4) is 0 Å². The molecule has 1 heterocycles. The number of carboxylic acids is 1. The first kappa shape index (κ1) is 15.9. The number of rotatable bonds is 5. The SMILES string of the molecule is O=C(O)c1coc(C(=O)N(Cc2ccc(Cl)c(Cl)c2)C2CC2)c1. The molecule has 1 amide bonds. The molecule has 0 aliphatic heterocycles. The van der Waals surface area contributed by atoms with Crippen molar-refractivity contribution < 1.29 is 19.1 Å². The Hall–Kier alpha value is -1.98. The lowest BCUT2D eigenvalue weighted by Gasteiger charge is -2.21. The minimum absolute atomic E-state index is 0.0226. The number of carboxylic acid groups (broad SMARTS) is 1. The summed E-state index contributed by atoms with van der Waals surface area (Å²) in [6.45, 7) is 0.365. The molecule has 120 valence electrons. The first-order chi connectivity index (χ1) is 11.0. The van der Waals surface area contributed by atoms with Crippen LogP contribution in [0.15, 0.2) is 34.9 Å². The molecular formula is C16H13Cl2NO4. The van der Waals surface area contributed by atoms with Gasteiger partial charge in [-0.05, 0) is 30.5 Å². The van der Waals surface area contributed by atoms with Crippen LogP contribution in [0.4, 0.5) is 0 Å². The molecule has 1 aromatic carbocycles. The van der Waals surface area contributed by atoms with Gasteiger partial charge in [0.1, 0.15) is 6.26 Å². The number of benzene rings is 1. The van der Waals surface area contributed by atoms with Crippen molar-refractivity contribution in [3.05, 3.63) is 57.5 Å². The second-order valence-electron chi connectivity index (χ2n) is 5.42. The van der Waals surface area contributed by atoms with Crippen molar-refractivity contribution >= 4 is 35.1 Å². The number of amides is 1. The van der Waals surface area contributed by atoms with Crippen LogP contribution < -0.4 is 0 Å². The summed E-state index contributed by atoms with van der Waals surface area (Å²) in [4.78, 5) is 25.2. The summed E-state index contributed by atoms with van der Waals surface area (Å²) in [6.07, 6.45) is 2.90. The Kier molecular flexibility index (Phi) is 4.33. The number of carbonyl (C=O) groups is 2. The fraction of sp³-hybridized carbons (Fsp3) is 0.250. The molecule has 0 saturated heterocycles. The van der Waals surface area contributed by atoms with Crippen LogP contribution in [0.2, 0.25) is 10.0 Å². The molecule has 0 unspecified atom stereocenters. The summed E-state index contributed by atoms with van der Waals surface area (Å²) in [6, 6.07) is 6.59. The van der Waals surface area contributed by atoms with Crippen molar-refractivity contribution in [1.29, 1.82) is 0 Å². The molecule has 0 bridgehead atoms. The van der Waals surface area contributed by atoms with E-state index in [1.54, 1.807) is 17.0 Å². The van der Waals surface area contributed by atoms with Crippen molar-refractivity contribution in [1.82, 2.24) is 4.90 Å². The zero-order chi connectivity index (χ0) is 16.6. The zero-order valence-corrected chi connectivity index (χ0v) is 13.5. The van der Waals surface area contributed by atoms with Crippen molar-refractivity contribution in [3.63, 3.8) is 0 Å². The first-order valence-electron chi connectivity index (χ1n) is 7.02. The molecule has 1 aliphatic carbocycles. The maximum absolute atomic E-state index is 12.6. The minimum atomic E-state index is -1.13. The summed E-state index contributed by atoms with van der Waals surface area (Å²) < 4.78 is 5.11. The van der Waals surface area contributed by atoms with Crippen LogP contribution in [0.3, 0.4) is 0 Å². The van der Waals surface area contributed by atoms with E-state index in [4.69, 9.17) is 32.7 Å². The Balaban J connectivity index is 1.81. The van der Waals surface area contributed by atoms with Crippen LogP contribution in [-0.2, 0) is 6.54 Å². The Labute approximate surface area is 142 Å². The molecule has 5 nitrogen and oxygen atoms in total. The highest BCUT2D eigenvalue weighted by atomic mass is 35.5. The molecule has 0 radical (unpaired) electrons. The third kappa shape index (κ3) is 3.51.